The molecule has 1 aromatic carbocycles. The van der Waals surface area contributed by atoms with Crippen molar-refractivity contribution >= 4 is 11.6 Å². The third-order valence-corrected chi connectivity index (χ3v) is 4.11. The molecule has 0 spiro atoms. The van der Waals surface area contributed by atoms with Gasteiger partial charge in [-0.3, -0.25) is 4.79 Å². The first-order valence-corrected chi connectivity index (χ1v) is 7.50. The number of likely N-dealkylation sites (N-methyl/N-ethyl adjacent to an activating group) is 1. The van der Waals surface area contributed by atoms with Gasteiger partial charge in [0.2, 0.25) is 0 Å². The quantitative estimate of drug-likeness (QED) is 0.863. The molecule has 1 aromatic rings. The molecule has 1 heterocycles. The van der Waals surface area contributed by atoms with Crippen molar-refractivity contribution in [2.24, 2.45) is 0 Å². The number of carbonyl (C=O) groups excluding carboxylic acids is 1. The molecule has 1 aliphatic heterocycles. The molecule has 1 unspecified atom stereocenters. The minimum Gasteiger partial charge on any atom is -0.494 e. The van der Waals surface area contributed by atoms with Crippen molar-refractivity contribution in [3.63, 3.8) is 0 Å². The molecule has 5 nitrogen and oxygen atoms in total. The molecule has 0 bridgehead atoms. The number of carbonyl (C=O) groups is 1. The third kappa shape index (κ3) is 3.29. The van der Waals surface area contributed by atoms with Crippen molar-refractivity contribution in [3.8, 4) is 5.75 Å². The topological polar surface area (TPSA) is 58.8 Å². The number of hydrogen-bond acceptors (Lipinski definition) is 4. The maximum atomic E-state index is 12.9. The Morgan fingerprint density at radius 3 is 2.86 bits per heavy atom. The van der Waals surface area contributed by atoms with Crippen molar-refractivity contribution in [3.05, 3.63) is 23.8 Å². The first-order chi connectivity index (χ1) is 10.1. The average molecular weight is 291 g/mol. The second kappa shape index (κ2) is 6.80. The van der Waals surface area contributed by atoms with E-state index in [0.29, 0.717) is 17.0 Å². The molecular formula is C16H25N3O2. The monoisotopic (exact) mass is 291 g/mol. The van der Waals surface area contributed by atoms with Gasteiger partial charge in [0.15, 0.2) is 5.75 Å². The smallest absolute Gasteiger partial charge is 0.257 e. The predicted molar refractivity (Wildman–Crippen MR) is 84.6 cm³/mol. The Morgan fingerprint density at radius 1 is 1.43 bits per heavy atom. The summed E-state index contributed by atoms with van der Waals surface area (Å²) in [6.45, 7) is 4.83. The molecule has 0 aromatic heterocycles. The van der Waals surface area contributed by atoms with Crippen LogP contribution in [0.2, 0.25) is 0 Å². The molecule has 21 heavy (non-hydrogen) atoms. The lowest BCUT2D eigenvalue weighted by Crippen LogP contribution is -2.43. The number of benzene rings is 1. The van der Waals surface area contributed by atoms with Crippen LogP contribution in [-0.2, 0) is 0 Å². The number of hydrogen-bond donors (Lipinski definition) is 1. The number of nitrogens with two attached hydrogens (primary N) is 1. The highest BCUT2D eigenvalue weighted by Crippen LogP contribution is 2.28. The van der Waals surface area contributed by atoms with E-state index in [1.54, 1.807) is 25.3 Å². The van der Waals surface area contributed by atoms with Crippen LogP contribution in [0, 0.1) is 0 Å². The summed E-state index contributed by atoms with van der Waals surface area (Å²) in [7, 11) is 3.66. The molecule has 2 N–H and O–H groups in total. The minimum absolute atomic E-state index is 0.0151. The highest BCUT2D eigenvalue weighted by molar-refractivity contribution is 5.98. The van der Waals surface area contributed by atoms with Gasteiger partial charge < -0.3 is 20.3 Å². The first kappa shape index (κ1) is 15.6. The zero-order chi connectivity index (χ0) is 15.4. The molecule has 1 fully saturated rings. The molecule has 5 heteroatoms. The van der Waals surface area contributed by atoms with E-state index in [9.17, 15) is 4.79 Å². The van der Waals surface area contributed by atoms with E-state index in [1.165, 1.54) is 0 Å². The zero-order valence-corrected chi connectivity index (χ0v) is 13.1. The summed E-state index contributed by atoms with van der Waals surface area (Å²) < 4.78 is 5.33. The Balaban J connectivity index is 2.31. The highest BCUT2D eigenvalue weighted by Gasteiger charge is 2.28. The van der Waals surface area contributed by atoms with Crippen LogP contribution in [-0.4, -0.2) is 55.5 Å². The first-order valence-electron chi connectivity index (χ1n) is 7.50. The molecule has 116 valence electrons. The summed E-state index contributed by atoms with van der Waals surface area (Å²) in [5.74, 6) is 0.497. The largest absolute Gasteiger partial charge is 0.494 e. The van der Waals surface area contributed by atoms with Crippen LogP contribution in [0.25, 0.3) is 0 Å². The van der Waals surface area contributed by atoms with E-state index in [4.69, 9.17) is 10.5 Å². The van der Waals surface area contributed by atoms with Gasteiger partial charge in [-0.15, -0.1) is 0 Å². The van der Waals surface area contributed by atoms with Gasteiger partial charge in [0.1, 0.15) is 0 Å². The van der Waals surface area contributed by atoms with Crippen LogP contribution >= 0.6 is 0 Å². The fourth-order valence-corrected chi connectivity index (χ4v) is 2.97. The molecule has 0 aliphatic carbocycles. The molecule has 0 saturated carbocycles. The van der Waals surface area contributed by atoms with Crippen molar-refractivity contribution in [1.29, 1.82) is 0 Å². The van der Waals surface area contributed by atoms with Gasteiger partial charge in [0.05, 0.1) is 18.4 Å². The van der Waals surface area contributed by atoms with Crippen molar-refractivity contribution in [2.45, 2.75) is 25.8 Å². The number of anilines is 1. The van der Waals surface area contributed by atoms with Crippen LogP contribution in [0.3, 0.4) is 0 Å². The van der Waals surface area contributed by atoms with Gasteiger partial charge in [0.25, 0.3) is 5.91 Å². The Hall–Kier alpha value is -1.75. The molecule has 2 rings (SSSR count). The van der Waals surface area contributed by atoms with Gasteiger partial charge in [-0.1, -0.05) is 13.0 Å². The van der Waals surface area contributed by atoms with Gasteiger partial charge in [-0.05, 0) is 38.6 Å². The SMILES string of the molecule is CCC1CN(C)CCCN1C(=O)c1cccc(N)c1OC. The number of nitrogens with zero attached hydrogens (tertiary/aromatic N) is 2. The second-order valence-electron chi connectivity index (χ2n) is 5.60. The van der Waals surface area contributed by atoms with Crippen molar-refractivity contribution in [2.75, 3.05) is 39.5 Å². The average Bonchev–Trinajstić information content (AvgIpc) is 2.67. The second-order valence-corrected chi connectivity index (χ2v) is 5.60. The Morgan fingerprint density at radius 2 is 2.19 bits per heavy atom. The lowest BCUT2D eigenvalue weighted by atomic mass is 10.1. The summed E-state index contributed by atoms with van der Waals surface area (Å²) in [4.78, 5) is 17.2. The lowest BCUT2D eigenvalue weighted by molar-refractivity contribution is 0.0672. The van der Waals surface area contributed by atoms with Crippen LogP contribution in [0.15, 0.2) is 18.2 Å². The van der Waals surface area contributed by atoms with Crippen LogP contribution in [0.4, 0.5) is 5.69 Å². The van der Waals surface area contributed by atoms with Gasteiger partial charge in [0, 0.05) is 19.1 Å². The van der Waals surface area contributed by atoms with Gasteiger partial charge in [-0.25, -0.2) is 0 Å². The fraction of sp³-hybridized carbons (Fsp3) is 0.562. The molecule has 0 radical (unpaired) electrons. The standard InChI is InChI=1S/C16H25N3O2/c1-4-12-11-18(2)9-6-10-19(12)16(20)13-7-5-8-14(17)15(13)21-3/h5,7-8,12H,4,6,9-11,17H2,1-3H3. The Bertz CT molecular complexity index is 504. The molecule has 1 aliphatic rings. The van der Waals surface area contributed by atoms with E-state index >= 15 is 0 Å². The molecule has 1 saturated heterocycles. The maximum absolute atomic E-state index is 12.9. The van der Waals surface area contributed by atoms with E-state index in [-0.39, 0.29) is 11.9 Å². The minimum atomic E-state index is 0.0151. The number of amides is 1. The highest BCUT2D eigenvalue weighted by atomic mass is 16.5. The number of para-hydroxylation sites is 1. The van der Waals surface area contributed by atoms with Gasteiger partial charge in [-0.2, -0.15) is 0 Å². The van der Waals surface area contributed by atoms with E-state index < -0.39 is 0 Å². The number of methoxy groups -OCH3 is 1. The lowest BCUT2D eigenvalue weighted by Gasteiger charge is -2.30. The summed E-state index contributed by atoms with van der Waals surface area (Å²) in [6.07, 6.45) is 1.93. The molecule has 1 atom stereocenters. The third-order valence-electron chi connectivity index (χ3n) is 4.11. The van der Waals surface area contributed by atoms with Crippen molar-refractivity contribution < 1.29 is 9.53 Å². The van der Waals surface area contributed by atoms with E-state index in [2.05, 4.69) is 18.9 Å². The summed E-state index contributed by atoms with van der Waals surface area (Å²) >= 11 is 0. The number of nitrogen functional groups attached to an aromatic ring is 1. The normalized spacial score (nSPS) is 20.1. The van der Waals surface area contributed by atoms with Crippen LogP contribution in [0.5, 0.6) is 5.75 Å². The molecular weight excluding hydrogens is 266 g/mol. The Labute approximate surface area is 126 Å². The van der Waals surface area contributed by atoms with E-state index in [1.807, 2.05) is 4.90 Å². The maximum Gasteiger partial charge on any atom is 0.257 e. The molecule has 1 amide bonds. The summed E-state index contributed by atoms with van der Waals surface area (Å²) in [5.41, 5.74) is 6.97. The fourth-order valence-electron chi connectivity index (χ4n) is 2.97. The summed E-state index contributed by atoms with van der Waals surface area (Å²) in [6, 6.07) is 5.58. The van der Waals surface area contributed by atoms with Gasteiger partial charge >= 0.3 is 0 Å². The predicted octanol–water partition coefficient (Wildman–Crippen LogP) is 1.83. The zero-order valence-electron chi connectivity index (χ0n) is 13.1. The Kier molecular flexibility index (Phi) is 5.07. The van der Waals surface area contributed by atoms with Crippen LogP contribution in [0.1, 0.15) is 30.1 Å². The number of rotatable bonds is 3. The van der Waals surface area contributed by atoms with E-state index in [0.717, 1.165) is 32.5 Å². The van der Waals surface area contributed by atoms with Crippen molar-refractivity contribution in [1.82, 2.24) is 9.80 Å². The van der Waals surface area contributed by atoms with Crippen LogP contribution < -0.4 is 10.5 Å². The summed E-state index contributed by atoms with van der Waals surface area (Å²) in [5, 5.41) is 0. The number of ether oxygens (including phenoxy) is 1.